The van der Waals surface area contributed by atoms with Crippen molar-refractivity contribution in [2.75, 3.05) is 7.11 Å². The van der Waals surface area contributed by atoms with Crippen molar-refractivity contribution in [1.82, 2.24) is 10.1 Å². The largest absolute Gasteiger partial charge is 0.493 e. The lowest BCUT2D eigenvalue weighted by Gasteiger charge is -2.18. The molecule has 0 spiro atoms. The van der Waals surface area contributed by atoms with Crippen molar-refractivity contribution < 1.29 is 27.1 Å². The van der Waals surface area contributed by atoms with Gasteiger partial charge in [0.05, 0.1) is 24.3 Å². The number of hydrazone groups is 1. The molecule has 0 saturated heterocycles. The van der Waals surface area contributed by atoms with Gasteiger partial charge in [0.1, 0.15) is 12.4 Å². The monoisotopic (exact) mass is 575 g/mol. The molecule has 0 aliphatic heterocycles. The molecule has 41 heavy (non-hydrogen) atoms. The molecule has 1 amide bonds. The van der Waals surface area contributed by atoms with Crippen LogP contribution in [0.5, 0.6) is 11.5 Å². The maximum absolute atomic E-state index is 13.4. The van der Waals surface area contributed by atoms with Crippen molar-refractivity contribution in [1.29, 1.82) is 0 Å². The van der Waals surface area contributed by atoms with E-state index in [-0.39, 0.29) is 23.7 Å². The van der Waals surface area contributed by atoms with E-state index < -0.39 is 22.0 Å². The first-order valence-electron chi connectivity index (χ1n) is 12.7. The van der Waals surface area contributed by atoms with Crippen LogP contribution in [0.4, 0.5) is 4.39 Å². The number of benzene rings is 4. The summed E-state index contributed by atoms with van der Waals surface area (Å²) in [5.41, 5.74) is 5.33. The van der Waals surface area contributed by atoms with Crippen LogP contribution in [0.2, 0.25) is 0 Å². The fourth-order valence-electron chi connectivity index (χ4n) is 3.97. The smallest absolute Gasteiger partial charge is 0.242 e. The molecule has 1 atom stereocenters. The van der Waals surface area contributed by atoms with Gasteiger partial charge in [0, 0.05) is 6.42 Å². The Morgan fingerprint density at radius 1 is 0.951 bits per heavy atom. The molecule has 0 aliphatic rings. The van der Waals surface area contributed by atoms with Crippen LogP contribution in [0.3, 0.4) is 0 Å². The van der Waals surface area contributed by atoms with Gasteiger partial charge in [-0.1, -0.05) is 60.2 Å². The standard InChI is InChI=1S/C31H30FN3O5S/c1-22-11-14-27(15-12-22)41(37,38)35-28(25-8-4-3-5-9-25)19-31(36)34-33-20-23-13-16-29(30(18-23)39-2)40-21-24-7-6-10-26(32)17-24/h3-18,20,28,35H,19,21H2,1-2H3,(H,34,36)/b33-20-/t28-/m0/s1. The van der Waals surface area contributed by atoms with Gasteiger partial charge in [-0.25, -0.2) is 23.0 Å². The van der Waals surface area contributed by atoms with Gasteiger partial charge in [-0.3, -0.25) is 4.79 Å². The molecule has 10 heteroatoms. The van der Waals surface area contributed by atoms with Crippen molar-refractivity contribution in [3.05, 3.63) is 125 Å². The Kier molecular flexibility index (Phi) is 9.83. The number of hydrogen-bond acceptors (Lipinski definition) is 6. The summed E-state index contributed by atoms with van der Waals surface area (Å²) in [5, 5.41) is 4.02. The van der Waals surface area contributed by atoms with Crippen LogP contribution >= 0.6 is 0 Å². The van der Waals surface area contributed by atoms with Crippen molar-refractivity contribution in [2.24, 2.45) is 5.10 Å². The topological polar surface area (TPSA) is 106 Å². The van der Waals surface area contributed by atoms with E-state index in [1.165, 1.54) is 37.6 Å². The number of nitrogens with zero attached hydrogens (tertiary/aromatic N) is 1. The molecule has 4 aromatic carbocycles. The van der Waals surface area contributed by atoms with E-state index in [4.69, 9.17) is 9.47 Å². The fraction of sp³-hybridized carbons (Fsp3) is 0.161. The molecule has 0 aliphatic carbocycles. The molecular formula is C31H30FN3O5S. The number of carbonyl (C=O) groups excluding carboxylic acids is 1. The summed E-state index contributed by atoms with van der Waals surface area (Å²) in [5.74, 6) is 0.0741. The summed E-state index contributed by atoms with van der Waals surface area (Å²) in [6.07, 6.45) is 1.26. The van der Waals surface area contributed by atoms with Gasteiger partial charge in [-0.15, -0.1) is 0 Å². The lowest BCUT2D eigenvalue weighted by atomic mass is 10.0. The molecule has 2 N–H and O–H groups in total. The summed E-state index contributed by atoms with van der Waals surface area (Å²) in [6.45, 7) is 2.03. The predicted molar refractivity (Wildman–Crippen MR) is 155 cm³/mol. The van der Waals surface area contributed by atoms with Gasteiger partial charge in [0.2, 0.25) is 15.9 Å². The van der Waals surface area contributed by atoms with E-state index in [0.717, 1.165) is 5.56 Å². The molecule has 0 aromatic heterocycles. The van der Waals surface area contributed by atoms with E-state index in [2.05, 4.69) is 15.2 Å². The van der Waals surface area contributed by atoms with E-state index in [1.807, 2.05) is 13.0 Å². The second kappa shape index (κ2) is 13.7. The highest BCUT2D eigenvalue weighted by Crippen LogP contribution is 2.28. The van der Waals surface area contributed by atoms with E-state index in [0.29, 0.717) is 28.2 Å². The number of methoxy groups -OCH3 is 1. The van der Waals surface area contributed by atoms with Gasteiger partial charge < -0.3 is 9.47 Å². The third kappa shape index (κ3) is 8.47. The molecule has 212 valence electrons. The third-order valence-electron chi connectivity index (χ3n) is 6.09. The van der Waals surface area contributed by atoms with Crippen LogP contribution in [-0.4, -0.2) is 27.6 Å². The SMILES string of the molecule is COc1cc(/C=N\NC(=O)C[C@H](NS(=O)(=O)c2ccc(C)cc2)c2ccccc2)ccc1OCc1cccc(F)c1. The van der Waals surface area contributed by atoms with Crippen LogP contribution < -0.4 is 19.6 Å². The van der Waals surface area contributed by atoms with Gasteiger partial charge >= 0.3 is 0 Å². The van der Waals surface area contributed by atoms with Gasteiger partial charge in [0.25, 0.3) is 0 Å². The molecule has 0 radical (unpaired) electrons. The highest BCUT2D eigenvalue weighted by molar-refractivity contribution is 7.89. The molecule has 0 fully saturated rings. The quantitative estimate of drug-likeness (QED) is 0.177. The summed E-state index contributed by atoms with van der Waals surface area (Å²) in [7, 11) is -2.39. The van der Waals surface area contributed by atoms with Crippen molar-refractivity contribution in [3.8, 4) is 11.5 Å². The minimum Gasteiger partial charge on any atom is -0.493 e. The first-order valence-corrected chi connectivity index (χ1v) is 14.2. The Bertz CT molecular complexity index is 1610. The Morgan fingerprint density at radius 3 is 2.41 bits per heavy atom. The molecule has 4 rings (SSSR count). The average Bonchev–Trinajstić information content (AvgIpc) is 2.96. The van der Waals surface area contributed by atoms with Crippen molar-refractivity contribution in [2.45, 2.75) is 30.9 Å². The number of carbonyl (C=O) groups is 1. The highest BCUT2D eigenvalue weighted by Gasteiger charge is 2.23. The maximum Gasteiger partial charge on any atom is 0.242 e. The number of halogens is 1. The lowest BCUT2D eigenvalue weighted by Crippen LogP contribution is -2.32. The normalized spacial score (nSPS) is 12.2. The second-order valence-electron chi connectivity index (χ2n) is 9.22. The third-order valence-corrected chi connectivity index (χ3v) is 7.58. The fourth-order valence-corrected chi connectivity index (χ4v) is 5.19. The summed E-state index contributed by atoms with van der Waals surface area (Å²) >= 11 is 0. The lowest BCUT2D eigenvalue weighted by molar-refractivity contribution is -0.121. The number of aryl methyl sites for hydroxylation is 1. The molecule has 0 bridgehead atoms. The Hall–Kier alpha value is -4.54. The number of hydrogen-bond donors (Lipinski definition) is 2. The molecule has 0 heterocycles. The van der Waals surface area contributed by atoms with Gasteiger partial charge in [-0.2, -0.15) is 5.10 Å². The number of sulfonamides is 1. The van der Waals surface area contributed by atoms with Crippen LogP contribution in [-0.2, 0) is 21.4 Å². The zero-order valence-corrected chi connectivity index (χ0v) is 23.4. The number of ether oxygens (including phenoxy) is 2. The maximum atomic E-state index is 13.4. The average molecular weight is 576 g/mol. The number of rotatable bonds is 12. The zero-order chi connectivity index (χ0) is 29.2. The molecule has 0 unspecified atom stereocenters. The van der Waals surface area contributed by atoms with Crippen LogP contribution in [0.25, 0.3) is 0 Å². The molecule has 8 nitrogen and oxygen atoms in total. The Labute approximate surface area is 238 Å². The summed E-state index contributed by atoms with van der Waals surface area (Å²) in [4.78, 5) is 12.9. The minimum atomic E-state index is -3.88. The summed E-state index contributed by atoms with van der Waals surface area (Å²) in [6, 6.07) is 25.7. The van der Waals surface area contributed by atoms with E-state index in [1.54, 1.807) is 66.7 Å². The van der Waals surface area contributed by atoms with Crippen molar-refractivity contribution in [3.63, 3.8) is 0 Å². The highest BCUT2D eigenvalue weighted by atomic mass is 32.2. The van der Waals surface area contributed by atoms with E-state index in [9.17, 15) is 17.6 Å². The van der Waals surface area contributed by atoms with Gasteiger partial charge in [-0.05, 0) is 66.1 Å². The zero-order valence-electron chi connectivity index (χ0n) is 22.6. The second-order valence-corrected chi connectivity index (χ2v) is 10.9. The van der Waals surface area contributed by atoms with E-state index >= 15 is 0 Å². The van der Waals surface area contributed by atoms with Crippen LogP contribution in [0.1, 0.15) is 34.7 Å². The molecular weight excluding hydrogens is 545 g/mol. The number of nitrogens with one attached hydrogen (secondary N) is 2. The van der Waals surface area contributed by atoms with Gasteiger partial charge in [0.15, 0.2) is 11.5 Å². The van der Waals surface area contributed by atoms with Crippen LogP contribution in [0, 0.1) is 12.7 Å². The van der Waals surface area contributed by atoms with Crippen LogP contribution in [0.15, 0.2) is 107 Å². The summed E-state index contributed by atoms with van der Waals surface area (Å²) < 4.78 is 53.3. The molecule has 0 saturated carbocycles. The first-order chi connectivity index (χ1) is 19.7. The number of amides is 1. The Balaban J connectivity index is 1.40. The van der Waals surface area contributed by atoms with Crippen molar-refractivity contribution >= 4 is 22.1 Å². The predicted octanol–water partition coefficient (Wildman–Crippen LogP) is 5.28. The minimum absolute atomic E-state index is 0.111. The Morgan fingerprint density at radius 2 is 1.71 bits per heavy atom. The first kappa shape index (κ1) is 29.4. The molecule has 4 aromatic rings.